The normalized spacial score (nSPS) is 31.4. The number of esters is 1. The third kappa shape index (κ3) is 7.49. The minimum absolute atomic E-state index is 0.253. The number of aliphatic hydroxyl groups is 7. The second kappa shape index (κ2) is 14.1. The van der Waals surface area contributed by atoms with Crippen LogP contribution in [0.4, 0.5) is 0 Å². The first kappa shape index (κ1) is 28.7. The molecular weight excluding hydrogens is 456 g/mol. The smallest absolute Gasteiger partial charge is 0.378 e. The maximum atomic E-state index is 12.4. The van der Waals surface area contributed by atoms with Crippen molar-refractivity contribution >= 4 is 5.97 Å². The maximum absolute atomic E-state index is 12.4. The molecular formula is C22H38O12. The molecule has 2 unspecified atom stereocenters. The van der Waals surface area contributed by atoms with Crippen LogP contribution in [0.1, 0.15) is 51.9 Å². The molecule has 0 spiro atoms. The molecule has 0 bridgehead atoms. The second-order valence-corrected chi connectivity index (χ2v) is 8.61. The average Bonchev–Trinajstić information content (AvgIpc) is 3.14. The zero-order valence-electron chi connectivity index (χ0n) is 19.4. The van der Waals surface area contributed by atoms with E-state index in [1.54, 1.807) is 0 Å². The van der Waals surface area contributed by atoms with Gasteiger partial charge in [0.2, 0.25) is 12.0 Å². The van der Waals surface area contributed by atoms with Gasteiger partial charge >= 0.3 is 5.97 Å². The molecule has 2 heterocycles. The molecule has 2 rings (SSSR count). The number of hydrogen-bond acceptors (Lipinski definition) is 12. The van der Waals surface area contributed by atoms with Gasteiger partial charge in [0.25, 0.3) is 0 Å². The molecule has 0 saturated carbocycles. The predicted octanol–water partition coefficient (Wildman–Crippen LogP) is -1.58. The maximum Gasteiger partial charge on any atom is 0.378 e. The van der Waals surface area contributed by atoms with E-state index in [0.717, 1.165) is 32.1 Å². The van der Waals surface area contributed by atoms with E-state index in [1.807, 2.05) is 0 Å². The predicted molar refractivity (Wildman–Crippen MR) is 115 cm³/mol. The van der Waals surface area contributed by atoms with Crippen LogP contribution in [0.5, 0.6) is 0 Å². The summed E-state index contributed by atoms with van der Waals surface area (Å²) in [4.78, 5) is 12.4. The zero-order chi connectivity index (χ0) is 25.3. The lowest BCUT2D eigenvalue weighted by Gasteiger charge is -2.39. The molecule has 1 fully saturated rings. The van der Waals surface area contributed by atoms with Gasteiger partial charge in [-0.05, 0) is 6.42 Å². The molecule has 34 heavy (non-hydrogen) atoms. The molecule has 0 aromatic rings. The van der Waals surface area contributed by atoms with Crippen LogP contribution in [0, 0.1) is 0 Å². The van der Waals surface area contributed by atoms with Crippen molar-refractivity contribution in [3.8, 4) is 0 Å². The van der Waals surface area contributed by atoms with Gasteiger partial charge in [-0.3, -0.25) is 0 Å². The number of carbonyl (C=O) groups is 1. The van der Waals surface area contributed by atoms with Gasteiger partial charge in [-0.2, -0.15) is 0 Å². The third-order valence-corrected chi connectivity index (χ3v) is 5.84. The molecule has 198 valence electrons. The van der Waals surface area contributed by atoms with Crippen molar-refractivity contribution in [3.63, 3.8) is 0 Å². The molecule has 2 aliphatic rings. The minimum atomic E-state index is -1.79. The first-order valence-electron chi connectivity index (χ1n) is 11.8. The Morgan fingerprint density at radius 2 is 1.65 bits per heavy atom. The highest BCUT2D eigenvalue weighted by atomic mass is 16.7. The van der Waals surface area contributed by atoms with Crippen LogP contribution in [-0.2, 0) is 23.7 Å². The minimum Gasteiger partial charge on any atom is -0.487 e. The number of rotatable bonds is 15. The van der Waals surface area contributed by atoms with Crippen LogP contribution in [0.3, 0.4) is 0 Å². The molecule has 0 radical (unpaired) electrons. The number of cyclic esters (lactones) is 1. The van der Waals surface area contributed by atoms with Crippen molar-refractivity contribution < 1.29 is 59.5 Å². The van der Waals surface area contributed by atoms with Crippen molar-refractivity contribution in [1.29, 1.82) is 0 Å². The van der Waals surface area contributed by atoms with Crippen LogP contribution in [0.2, 0.25) is 0 Å². The summed E-state index contributed by atoms with van der Waals surface area (Å²) in [5, 5.41) is 68.9. The Morgan fingerprint density at radius 1 is 0.971 bits per heavy atom. The molecule has 2 aliphatic heterocycles. The van der Waals surface area contributed by atoms with E-state index in [-0.39, 0.29) is 12.4 Å². The van der Waals surface area contributed by atoms with E-state index in [4.69, 9.17) is 18.9 Å². The number of carbonyl (C=O) groups excluding carboxylic acids is 1. The average molecular weight is 495 g/mol. The summed E-state index contributed by atoms with van der Waals surface area (Å²) in [5.41, 5.74) is 0. The lowest BCUT2D eigenvalue weighted by Crippen LogP contribution is -2.59. The van der Waals surface area contributed by atoms with Crippen molar-refractivity contribution in [2.75, 3.05) is 19.8 Å². The topological polar surface area (TPSA) is 196 Å². The van der Waals surface area contributed by atoms with Gasteiger partial charge in [-0.25, -0.2) is 4.79 Å². The molecule has 0 aromatic heterocycles. The standard InChI is InChI=1S/C22H38O12/c1-2-3-4-5-6-7-8-12(25)11-31-19-18(13(26)9-23)33-21(30)20(19)34-22-17(29)16(28)15(27)14(10-24)32-22/h12-18,22-29H,2-11H2,1H3/t12?,13-,14+,15+,16-,17+,18+,22?/m0/s1. The Kier molecular flexibility index (Phi) is 12.0. The van der Waals surface area contributed by atoms with Gasteiger partial charge < -0.3 is 54.7 Å². The largest absolute Gasteiger partial charge is 0.487 e. The number of hydrogen-bond donors (Lipinski definition) is 7. The molecule has 0 aromatic carbocycles. The van der Waals surface area contributed by atoms with E-state index < -0.39 is 74.0 Å². The fourth-order valence-corrected chi connectivity index (χ4v) is 3.77. The summed E-state index contributed by atoms with van der Waals surface area (Å²) >= 11 is 0. The van der Waals surface area contributed by atoms with E-state index >= 15 is 0 Å². The lowest BCUT2D eigenvalue weighted by molar-refractivity contribution is -0.291. The van der Waals surface area contributed by atoms with Gasteiger partial charge in [0.15, 0.2) is 11.9 Å². The Labute approximate surface area is 198 Å². The Morgan fingerprint density at radius 3 is 2.29 bits per heavy atom. The van der Waals surface area contributed by atoms with Gasteiger partial charge in [0, 0.05) is 0 Å². The first-order valence-corrected chi connectivity index (χ1v) is 11.8. The zero-order valence-corrected chi connectivity index (χ0v) is 19.4. The summed E-state index contributed by atoms with van der Waals surface area (Å²) in [5.74, 6) is -1.99. The van der Waals surface area contributed by atoms with Crippen LogP contribution >= 0.6 is 0 Å². The van der Waals surface area contributed by atoms with Crippen molar-refractivity contribution in [3.05, 3.63) is 11.5 Å². The van der Waals surface area contributed by atoms with Gasteiger partial charge in [-0.15, -0.1) is 0 Å². The van der Waals surface area contributed by atoms with Gasteiger partial charge in [0.1, 0.15) is 37.1 Å². The molecule has 0 aliphatic carbocycles. The number of unbranched alkanes of at least 4 members (excludes halogenated alkanes) is 5. The fraction of sp³-hybridized carbons (Fsp3) is 0.864. The van der Waals surface area contributed by atoms with Crippen LogP contribution in [0.25, 0.3) is 0 Å². The van der Waals surface area contributed by atoms with E-state index in [0.29, 0.717) is 6.42 Å². The van der Waals surface area contributed by atoms with Gasteiger partial charge in [0.05, 0.1) is 19.3 Å². The third-order valence-electron chi connectivity index (χ3n) is 5.84. The first-order chi connectivity index (χ1) is 16.2. The Bertz CT molecular complexity index is 654. The number of ether oxygens (including phenoxy) is 4. The molecule has 8 atom stereocenters. The van der Waals surface area contributed by atoms with E-state index in [1.165, 1.54) is 6.42 Å². The monoisotopic (exact) mass is 494 g/mol. The molecule has 12 heteroatoms. The van der Waals surface area contributed by atoms with Crippen molar-refractivity contribution in [2.45, 2.75) is 101 Å². The molecule has 0 amide bonds. The number of aliphatic hydroxyl groups excluding tert-OH is 7. The molecule has 7 N–H and O–H groups in total. The molecule has 1 saturated heterocycles. The Balaban J connectivity index is 2.07. The summed E-state index contributed by atoms with van der Waals surface area (Å²) < 4.78 is 21.2. The summed E-state index contributed by atoms with van der Waals surface area (Å²) in [7, 11) is 0. The van der Waals surface area contributed by atoms with Crippen LogP contribution in [-0.4, -0.2) is 111 Å². The highest BCUT2D eigenvalue weighted by molar-refractivity contribution is 5.89. The summed E-state index contributed by atoms with van der Waals surface area (Å²) in [6.45, 7) is 0.410. The molecule has 12 nitrogen and oxygen atoms in total. The van der Waals surface area contributed by atoms with Crippen molar-refractivity contribution in [2.24, 2.45) is 0 Å². The highest BCUT2D eigenvalue weighted by Crippen LogP contribution is 2.31. The van der Waals surface area contributed by atoms with Crippen molar-refractivity contribution in [1.82, 2.24) is 0 Å². The van der Waals surface area contributed by atoms with E-state index in [2.05, 4.69) is 6.92 Å². The SMILES string of the molecule is CCCCCCCCC(O)COC1=C(OC2O[C@H](CO)[C@@H](O)[C@H](O)[C@H]2O)C(=O)O[C@@H]1[C@@H](O)CO. The lowest BCUT2D eigenvalue weighted by atomic mass is 9.99. The highest BCUT2D eigenvalue weighted by Gasteiger charge is 2.48. The summed E-state index contributed by atoms with van der Waals surface area (Å²) in [6, 6.07) is 0. The fourth-order valence-electron chi connectivity index (χ4n) is 3.77. The van der Waals surface area contributed by atoms with Crippen LogP contribution in [0.15, 0.2) is 11.5 Å². The van der Waals surface area contributed by atoms with Gasteiger partial charge in [-0.1, -0.05) is 45.4 Å². The van der Waals surface area contributed by atoms with E-state index in [9.17, 15) is 40.5 Å². The van der Waals surface area contributed by atoms with Crippen LogP contribution < -0.4 is 0 Å². The quantitative estimate of drug-likeness (QED) is 0.102. The Hall–Kier alpha value is -1.51. The second-order valence-electron chi connectivity index (χ2n) is 8.61. The summed E-state index contributed by atoms with van der Waals surface area (Å²) in [6.07, 6.45) is -5.29.